The Labute approximate surface area is 121 Å². The van der Waals surface area contributed by atoms with E-state index in [2.05, 4.69) is 6.92 Å². The van der Waals surface area contributed by atoms with Crippen molar-refractivity contribution in [1.29, 1.82) is 0 Å². The van der Waals surface area contributed by atoms with Crippen molar-refractivity contribution in [2.45, 2.75) is 72.3 Å². The van der Waals surface area contributed by atoms with Gasteiger partial charge in [0, 0.05) is 6.92 Å². The molecule has 116 valence electrons. The minimum Gasteiger partial charge on any atom is -0.481 e. The molecule has 0 aliphatic heterocycles. The van der Waals surface area contributed by atoms with E-state index in [9.17, 15) is 4.79 Å². The summed E-state index contributed by atoms with van der Waals surface area (Å²) in [5.41, 5.74) is -0.489. The third-order valence-electron chi connectivity index (χ3n) is 4.86. The number of rotatable bonds is 3. The summed E-state index contributed by atoms with van der Waals surface area (Å²) in [6.07, 6.45) is 5.80. The van der Waals surface area contributed by atoms with Crippen molar-refractivity contribution in [3.05, 3.63) is 0 Å². The van der Waals surface area contributed by atoms with E-state index >= 15 is 0 Å². The SMILES string of the molecule is CC(=O)O.CCC(C)(C)C(=O)OC1(C)CC2CCC1C2. The molecule has 4 nitrogen and oxygen atoms in total. The van der Waals surface area contributed by atoms with Gasteiger partial charge < -0.3 is 9.84 Å². The van der Waals surface area contributed by atoms with Gasteiger partial charge in [0.05, 0.1) is 5.41 Å². The summed E-state index contributed by atoms with van der Waals surface area (Å²) in [4.78, 5) is 21.1. The lowest BCUT2D eigenvalue weighted by atomic mass is 9.84. The van der Waals surface area contributed by atoms with E-state index in [-0.39, 0.29) is 17.0 Å². The van der Waals surface area contributed by atoms with Crippen LogP contribution in [-0.2, 0) is 14.3 Å². The maximum Gasteiger partial charge on any atom is 0.312 e. The lowest BCUT2D eigenvalue weighted by molar-refractivity contribution is -0.174. The summed E-state index contributed by atoms with van der Waals surface area (Å²) >= 11 is 0. The lowest BCUT2D eigenvalue weighted by Crippen LogP contribution is -2.41. The molecule has 0 saturated heterocycles. The number of fused-ring (bicyclic) bond motifs is 2. The fraction of sp³-hybridized carbons (Fsp3) is 0.875. The van der Waals surface area contributed by atoms with Crippen LogP contribution >= 0.6 is 0 Å². The van der Waals surface area contributed by atoms with Crippen molar-refractivity contribution < 1.29 is 19.4 Å². The quantitative estimate of drug-likeness (QED) is 0.804. The van der Waals surface area contributed by atoms with Crippen molar-refractivity contribution >= 4 is 11.9 Å². The van der Waals surface area contributed by atoms with Crippen LogP contribution < -0.4 is 0 Å². The molecule has 2 rings (SSSR count). The van der Waals surface area contributed by atoms with E-state index in [1.54, 1.807) is 0 Å². The molecule has 2 aliphatic carbocycles. The molecule has 4 heteroatoms. The van der Waals surface area contributed by atoms with E-state index < -0.39 is 5.97 Å². The van der Waals surface area contributed by atoms with Gasteiger partial charge in [0.1, 0.15) is 5.60 Å². The van der Waals surface area contributed by atoms with Crippen LogP contribution in [0, 0.1) is 17.3 Å². The van der Waals surface area contributed by atoms with Gasteiger partial charge >= 0.3 is 5.97 Å². The molecule has 0 aromatic carbocycles. The monoisotopic (exact) mass is 284 g/mol. The molecule has 0 amide bonds. The van der Waals surface area contributed by atoms with Gasteiger partial charge in [-0.3, -0.25) is 9.59 Å². The number of carboxylic acid groups (broad SMARTS) is 1. The van der Waals surface area contributed by atoms with E-state index in [1.165, 1.54) is 19.3 Å². The smallest absolute Gasteiger partial charge is 0.312 e. The average molecular weight is 284 g/mol. The molecule has 0 radical (unpaired) electrons. The number of esters is 1. The highest BCUT2D eigenvalue weighted by atomic mass is 16.6. The van der Waals surface area contributed by atoms with Crippen molar-refractivity contribution in [2.75, 3.05) is 0 Å². The topological polar surface area (TPSA) is 63.6 Å². The zero-order chi connectivity index (χ0) is 15.6. The number of carbonyl (C=O) groups is 2. The van der Waals surface area contributed by atoms with E-state index in [0.717, 1.165) is 25.7 Å². The highest BCUT2D eigenvalue weighted by molar-refractivity contribution is 5.76. The first-order chi connectivity index (χ1) is 9.10. The van der Waals surface area contributed by atoms with Crippen LogP contribution in [0.2, 0.25) is 0 Å². The Balaban J connectivity index is 0.000000444. The third-order valence-corrected chi connectivity index (χ3v) is 4.86. The number of ether oxygens (including phenoxy) is 1. The molecule has 2 saturated carbocycles. The van der Waals surface area contributed by atoms with Crippen LogP contribution in [0.5, 0.6) is 0 Å². The average Bonchev–Trinajstić information content (AvgIpc) is 2.87. The Kier molecular flexibility index (Phi) is 5.22. The molecule has 3 atom stereocenters. The Hall–Kier alpha value is -1.06. The number of carbonyl (C=O) groups excluding carboxylic acids is 1. The molecule has 1 N–H and O–H groups in total. The van der Waals surface area contributed by atoms with Gasteiger partial charge in [-0.15, -0.1) is 0 Å². The molecular formula is C16H28O4. The van der Waals surface area contributed by atoms with Gasteiger partial charge in [-0.05, 0) is 64.7 Å². The number of hydrogen-bond donors (Lipinski definition) is 1. The van der Waals surface area contributed by atoms with Crippen molar-refractivity contribution in [3.8, 4) is 0 Å². The van der Waals surface area contributed by atoms with Gasteiger partial charge in [0.15, 0.2) is 0 Å². The van der Waals surface area contributed by atoms with Gasteiger partial charge in [0.25, 0.3) is 5.97 Å². The minimum atomic E-state index is -0.833. The Morgan fingerprint density at radius 2 is 1.90 bits per heavy atom. The van der Waals surface area contributed by atoms with Crippen LogP contribution in [-0.4, -0.2) is 22.6 Å². The minimum absolute atomic E-state index is 0.00921. The Morgan fingerprint density at radius 1 is 1.35 bits per heavy atom. The standard InChI is InChI=1S/C14H24O2.C2H4O2/c1-5-13(2,3)12(15)16-14(4)9-10-6-7-11(14)8-10;1-2(3)4/h10-11H,5-9H2,1-4H3;1H3,(H,3,4). The zero-order valence-electron chi connectivity index (χ0n) is 13.4. The zero-order valence-corrected chi connectivity index (χ0v) is 13.4. The molecule has 0 aromatic heterocycles. The first-order valence-corrected chi connectivity index (χ1v) is 7.53. The van der Waals surface area contributed by atoms with Crippen LogP contribution in [0.4, 0.5) is 0 Å². The second kappa shape index (κ2) is 6.15. The van der Waals surface area contributed by atoms with Crippen molar-refractivity contribution in [1.82, 2.24) is 0 Å². The van der Waals surface area contributed by atoms with Crippen LogP contribution in [0.25, 0.3) is 0 Å². The second-order valence-corrected chi connectivity index (χ2v) is 7.04. The Morgan fingerprint density at radius 3 is 2.25 bits per heavy atom. The van der Waals surface area contributed by atoms with Crippen molar-refractivity contribution in [2.24, 2.45) is 17.3 Å². The predicted molar refractivity (Wildman–Crippen MR) is 77.3 cm³/mol. The van der Waals surface area contributed by atoms with Gasteiger partial charge in [0.2, 0.25) is 0 Å². The van der Waals surface area contributed by atoms with E-state index in [4.69, 9.17) is 14.6 Å². The summed E-state index contributed by atoms with van der Waals surface area (Å²) in [5, 5.41) is 7.42. The van der Waals surface area contributed by atoms with Crippen LogP contribution in [0.1, 0.15) is 66.7 Å². The molecule has 0 spiro atoms. The largest absolute Gasteiger partial charge is 0.481 e. The summed E-state index contributed by atoms with van der Waals surface area (Å²) in [7, 11) is 0. The summed E-state index contributed by atoms with van der Waals surface area (Å²) < 4.78 is 5.85. The maximum absolute atomic E-state index is 12.1. The highest BCUT2D eigenvalue weighted by Crippen LogP contribution is 2.52. The summed E-state index contributed by atoms with van der Waals surface area (Å²) in [5.74, 6) is 0.590. The summed E-state index contributed by atoms with van der Waals surface area (Å²) in [6.45, 7) is 9.22. The van der Waals surface area contributed by atoms with Gasteiger partial charge in [-0.1, -0.05) is 6.92 Å². The first kappa shape index (κ1) is 17.0. The molecule has 2 bridgehead atoms. The predicted octanol–water partition coefficient (Wildman–Crippen LogP) is 3.64. The van der Waals surface area contributed by atoms with Crippen molar-refractivity contribution in [3.63, 3.8) is 0 Å². The molecule has 3 unspecified atom stereocenters. The Bertz CT molecular complexity index is 371. The number of aliphatic carboxylic acids is 1. The fourth-order valence-corrected chi connectivity index (χ4v) is 3.17. The molecule has 0 aromatic rings. The molecular weight excluding hydrogens is 256 g/mol. The highest BCUT2D eigenvalue weighted by Gasteiger charge is 2.51. The maximum atomic E-state index is 12.1. The lowest BCUT2D eigenvalue weighted by Gasteiger charge is -2.36. The number of carboxylic acids is 1. The normalized spacial score (nSPS) is 31.4. The van der Waals surface area contributed by atoms with E-state index in [1.807, 2.05) is 20.8 Å². The van der Waals surface area contributed by atoms with Crippen LogP contribution in [0.15, 0.2) is 0 Å². The summed E-state index contributed by atoms with van der Waals surface area (Å²) in [6, 6.07) is 0. The molecule has 2 fully saturated rings. The molecule has 0 heterocycles. The van der Waals surface area contributed by atoms with E-state index in [0.29, 0.717) is 5.92 Å². The van der Waals surface area contributed by atoms with Crippen LogP contribution in [0.3, 0.4) is 0 Å². The second-order valence-electron chi connectivity index (χ2n) is 7.04. The molecule has 20 heavy (non-hydrogen) atoms. The van der Waals surface area contributed by atoms with Gasteiger partial charge in [-0.25, -0.2) is 0 Å². The number of hydrogen-bond acceptors (Lipinski definition) is 3. The molecule has 2 aliphatic rings. The first-order valence-electron chi connectivity index (χ1n) is 7.53. The fourth-order valence-electron chi connectivity index (χ4n) is 3.17. The third kappa shape index (κ3) is 3.97. The van der Waals surface area contributed by atoms with Gasteiger partial charge in [-0.2, -0.15) is 0 Å².